The molecule has 1 aromatic heterocycles. The highest BCUT2D eigenvalue weighted by Crippen LogP contribution is 2.29. The van der Waals surface area contributed by atoms with Crippen LogP contribution in [0.15, 0.2) is 40.8 Å². The second-order valence-corrected chi connectivity index (χ2v) is 5.31. The van der Waals surface area contributed by atoms with E-state index in [1.807, 2.05) is 0 Å². The third-order valence-electron chi connectivity index (χ3n) is 2.99. The molecule has 0 unspecified atom stereocenters. The van der Waals surface area contributed by atoms with Crippen molar-refractivity contribution in [3.63, 3.8) is 0 Å². The van der Waals surface area contributed by atoms with Crippen molar-refractivity contribution in [1.82, 2.24) is 10.3 Å². The number of nitrogens with zero attached hydrogens (tertiary/aromatic N) is 1. The van der Waals surface area contributed by atoms with E-state index in [4.69, 9.17) is 27.6 Å². The zero-order chi connectivity index (χ0) is 15.0. The SMILES string of the molecule is CNC(=O)c1ccc2nc(-c3cc(Cl)cc(Cl)c3)oc2c1. The van der Waals surface area contributed by atoms with Crippen molar-refractivity contribution < 1.29 is 9.21 Å². The van der Waals surface area contributed by atoms with Crippen LogP contribution in [-0.4, -0.2) is 17.9 Å². The minimum Gasteiger partial charge on any atom is -0.436 e. The van der Waals surface area contributed by atoms with Gasteiger partial charge in [-0.15, -0.1) is 0 Å². The Balaban J connectivity index is 2.10. The summed E-state index contributed by atoms with van der Waals surface area (Å²) in [6.45, 7) is 0. The lowest BCUT2D eigenvalue weighted by Gasteiger charge is -1.98. The van der Waals surface area contributed by atoms with Crippen LogP contribution in [0.2, 0.25) is 10.0 Å². The van der Waals surface area contributed by atoms with Gasteiger partial charge in [-0.3, -0.25) is 4.79 Å². The second kappa shape index (κ2) is 5.39. The second-order valence-electron chi connectivity index (χ2n) is 4.44. The largest absolute Gasteiger partial charge is 0.436 e. The first-order valence-electron chi connectivity index (χ1n) is 6.16. The molecule has 0 aliphatic heterocycles. The Hall–Kier alpha value is -2.04. The van der Waals surface area contributed by atoms with Gasteiger partial charge in [-0.1, -0.05) is 23.2 Å². The summed E-state index contributed by atoms with van der Waals surface area (Å²) < 4.78 is 5.69. The number of hydrogen-bond acceptors (Lipinski definition) is 3. The predicted molar refractivity (Wildman–Crippen MR) is 82.9 cm³/mol. The Morgan fingerprint density at radius 2 is 1.86 bits per heavy atom. The number of aromatic nitrogens is 1. The van der Waals surface area contributed by atoms with E-state index < -0.39 is 0 Å². The molecule has 0 aliphatic rings. The molecule has 0 fully saturated rings. The molecule has 0 bridgehead atoms. The summed E-state index contributed by atoms with van der Waals surface area (Å²) in [6.07, 6.45) is 0. The Labute approximate surface area is 130 Å². The fraction of sp³-hybridized carbons (Fsp3) is 0.0667. The van der Waals surface area contributed by atoms with Gasteiger partial charge in [-0.05, 0) is 36.4 Å². The first-order chi connectivity index (χ1) is 10.1. The summed E-state index contributed by atoms with van der Waals surface area (Å²) in [4.78, 5) is 16.0. The summed E-state index contributed by atoms with van der Waals surface area (Å²) in [5.74, 6) is 0.226. The van der Waals surface area contributed by atoms with Crippen molar-refractivity contribution in [1.29, 1.82) is 0 Å². The molecule has 2 aromatic carbocycles. The van der Waals surface area contributed by atoms with Gasteiger partial charge in [-0.2, -0.15) is 0 Å². The van der Waals surface area contributed by atoms with Gasteiger partial charge in [0.25, 0.3) is 5.91 Å². The van der Waals surface area contributed by atoms with E-state index in [0.717, 1.165) is 0 Å². The minimum absolute atomic E-state index is 0.180. The summed E-state index contributed by atoms with van der Waals surface area (Å²) >= 11 is 12.0. The van der Waals surface area contributed by atoms with Crippen molar-refractivity contribution in [2.75, 3.05) is 7.05 Å². The maximum atomic E-state index is 11.6. The molecule has 0 saturated heterocycles. The summed E-state index contributed by atoms with van der Waals surface area (Å²) in [5, 5.41) is 3.57. The first-order valence-corrected chi connectivity index (χ1v) is 6.91. The fourth-order valence-electron chi connectivity index (χ4n) is 2.01. The molecule has 0 radical (unpaired) electrons. The first kappa shape index (κ1) is 13.9. The molecule has 4 nitrogen and oxygen atoms in total. The fourth-order valence-corrected chi connectivity index (χ4v) is 2.54. The van der Waals surface area contributed by atoms with Gasteiger partial charge in [0, 0.05) is 28.2 Å². The number of rotatable bonds is 2. The molecule has 0 spiro atoms. The Morgan fingerprint density at radius 1 is 1.14 bits per heavy atom. The number of oxazole rings is 1. The quantitative estimate of drug-likeness (QED) is 0.771. The van der Waals surface area contributed by atoms with Gasteiger partial charge in [0.05, 0.1) is 0 Å². The molecular weight excluding hydrogens is 311 g/mol. The molecule has 0 aliphatic carbocycles. The lowest BCUT2D eigenvalue weighted by Crippen LogP contribution is -2.17. The molecule has 3 aromatic rings. The third kappa shape index (κ3) is 2.73. The molecule has 1 amide bonds. The molecule has 21 heavy (non-hydrogen) atoms. The Kier molecular flexibility index (Phi) is 3.57. The van der Waals surface area contributed by atoms with Crippen LogP contribution in [0.4, 0.5) is 0 Å². The van der Waals surface area contributed by atoms with Crippen molar-refractivity contribution in [2.24, 2.45) is 0 Å². The average molecular weight is 321 g/mol. The van der Waals surface area contributed by atoms with E-state index in [1.165, 1.54) is 0 Å². The van der Waals surface area contributed by atoms with Crippen LogP contribution in [-0.2, 0) is 0 Å². The van der Waals surface area contributed by atoms with E-state index in [9.17, 15) is 4.79 Å². The van der Waals surface area contributed by atoms with Gasteiger partial charge in [0.15, 0.2) is 5.58 Å². The topological polar surface area (TPSA) is 55.1 Å². The van der Waals surface area contributed by atoms with Crippen molar-refractivity contribution in [2.45, 2.75) is 0 Å². The molecule has 3 rings (SSSR count). The summed E-state index contributed by atoms with van der Waals surface area (Å²) in [5.41, 5.74) is 2.39. The summed E-state index contributed by atoms with van der Waals surface area (Å²) in [7, 11) is 1.58. The Bertz CT molecular complexity index is 823. The number of carbonyl (C=O) groups excluding carboxylic acids is 1. The van der Waals surface area contributed by atoms with E-state index in [0.29, 0.717) is 38.2 Å². The van der Waals surface area contributed by atoms with Crippen LogP contribution in [0, 0.1) is 0 Å². The smallest absolute Gasteiger partial charge is 0.251 e. The number of halogens is 2. The van der Waals surface area contributed by atoms with E-state index in [1.54, 1.807) is 43.4 Å². The van der Waals surface area contributed by atoms with Crippen molar-refractivity contribution >= 4 is 40.2 Å². The molecular formula is C15H10Cl2N2O2. The zero-order valence-corrected chi connectivity index (χ0v) is 12.5. The molecule has 1 N–H and O–H groups in total. The van der Waals surface area contributed by atoms with Crippen LogP contribution in [0.5, 0.6) is 0 Å². The number of amides is 1. The van der Waals surface area contributed by atoms with Gasteiger partial charge >= 0.3 is 0 Å². The number of nitrogens with one attached hydrogen (secondary N) is 1. The van der Waals surface area contributed by atoms with Gasteiger partial charge in [-0.25, -0.2) is 4.98 Å². The maximum absolute atomic E-state index is 11.6. The average Bonchev–Trinajstić information content (AvgIpc) is 2.88. The van der Waals surface area contributed by atoms with Crippen molar-refractivity contribution in [3.05, 3.63) is 52.0 Å². The highest BCUT2D eigenvalue weighted by Gasteiger charge is 2.12. The van der Waals surface area contributed by atoms with E-state index >= 15 is 0 Å². The van der Waals surface area contributed by atoms with Gasteiger partial charge < -0.3 is 9.73 Å². The molecule has 0 atom stereocenters. The number of benzene rings is 2. The minimum atomic E-state index is -0.180. The van der Waals surface area contributed by atoms with Crippen molar-refractivity contribution in [3.8, 4) is 11.5 Å². The molecule has 1 heterocycles. The highest BCUT2D eigenvalue weighted by molar-refractivity contribution is 6.35. The highest BCUT2D eigenvalue weighted by atomic mass is 35.5. The number of hydrogen-bond donors (Lipinski definition) is 1. The molecule has 106 valence electrons. The maximum Gasteiger partial charge on any atom is 0.251 e. The van der Waals surface area contributed by atoms with Gasteiger partial charge in [0.2, 0.25) is 5.89 Å². The third-order valence-corrected chi connectivity index (χ3v) is 3.42. The lowest BCUT2D eigenvalue weighted by atomic mass is 10.2. The normalized spacial score (nSPS) is 10.8. The number of carbonyl (C=O) groups is 1. The van der Waals surface area contributed by atoms with Crippen LogP contribution < -0.4 is 5.32 Å². The lowest BCUT2D eigenvalue weighted by molar-refractivity contribution is 0.0963. The number of fused-ring (bicyclic) bond motifs is 1. The van der Waals surface area contributed by atoms with Crippen LogP contribution in [0.1, 0.15) is 10.4 Å². The van der Waals surface area contributed by atoms with Crippen LogP contribution >= 0.6 is 23.2 Å². The van der Waals surface area contributed by atoms with Gasteiger partial charge in [0.1, 0.15) is 5.52 Å². The monoisotopic (exact) mass is 320 g/mol. The van der Waals surface area contributed by atoms with E-state index in [-0.39, 0.29) is 5.91 Å². The Morgan fingerprint density at radius 3 is 2.52 bits per heavy atom. The molecule has 6 heteroatoms. The van der Waals surface area contributed by atoms with Crippen LogP contribution in [0.25, 0.3) is 22.6 Å². The van der Waals surface area contributed by atoms with Crippen LogP contribution in [0.3, 0.4) is 0 Å². The molecule has 0 saturated carbocycles. The zero-order valence-electron chi connectivity index (χ0n) is 11.0. The predicted octanol–water partition coefficient (Wildman–Crippen LogP) is 4.16. The summed E-state index contributed by atoms with van der Waals surface area (Å²) in [6, 6.07) is 10.2. The standard InChI is InChI=1S/C15H10Cl2N2O2/c1-18-14(20)8-2-3-12-13(6-8)21-15(19-12)9-4-10(16)7-11(17)5-9/h2-7H,1H3,(H,18,20). The van der Waals surface area contributed by atoms with E-state index in [2.05, 4.69) is 10.3 Å².